The number of rotatable bonds is 3. The third-order valence-corrected chi connectivity index (χ3v) is 5.00. The van der Waals surface area contributed by atoms with Gasteiger partial charge in [0, 0.05) is 19.5 Å². The first kappa shape index (κ1) is 16.6. The van der Waals surface area contributed by atoms with Crippen LogP contribution in [0.5, 0.6) is 0 Å². The molecule has 1 amide bonds. The van der Waals surface area contributed by atoms with E-state index in [1.807, 2.05) is 0 Å². The fraction of sp³-hybridized carbons (Fsp3) is 0.933. The van der Waals surface area contributed by atoms with E-state index in [-0.39, 0.29) is 18.9 Å². The molecule has 1 atom stereocenters. The summed E-state index contributed by atoms with van der Waals surface area (Å²) in [6.45, 7) is 1.02. The van der Waals surface area contributed by atoms with Crippen molar-refractivity contribution in [2.75, 3.05) is 19.6 Å². The lowest BCUT2D eigenvalue weighted by Gasteiger charge is -2.35. The highest BCUT2D eigenvalue weighted by Gasteiger charge is 2.42. The van der Waals surface area contributed by atoms with Crippen molar-refractivity contribution in [1.82, 2.24) is 4.90 Å². The van der Waals surface area contributed by atoms with Gasteiger partial charge in [-0.1, -0.05) is 0 Å². The topological polar surface area (TPSA) is 46.3 Å². The van der Waals surface area contributed by atoms with Gasteiger partial charge in [-0.2, -0.15) is 13.2 Å². The Balaban J connectivity index is 1.80. The zero-order chi connectivity index (χ0) is 15.5. The molecule has 1 saturated heterocycles. The molecule has 0 radical (unpaired) electrons. The molecule has 2 rings (SSSR count). The first-order valence-electron chi connectivity index (χ1n) is 7.94. The first-order valence-corrected chi connectivity index (χ1v) is 7.94. The Labute approximate surface area is 124 Å². The van der Waals surface area contributed by atoms with Gasteiger partial charge in [0.15, 0.2) is 0 Å². The fourth-order valence-corrected chi connectivity index (χ4v) is 3.52. The quantitative estimate of drug-likeness (QED) is 0.871. The van der Waals surface area contributed by atoms with Gasteiger partial charge < -0.3 is 10.6 Å². The van der Waals surface area contributed by atoms with E-state index in [0.717, 1.165) is 25.7 Å². The maximum absolute atomic E-state index is 12.8. The van der Waals surface area contributed by atoms with Gasteiger partial charge in [0.1, 0.15) is 0 Å². The molecule has 2 fully saturated rings. The van der Waals surface area contributed by atoms with E-state index < -0.39 is 12.1 Å². The normalized spacial score (nSPS) is 31.2. The number of hydrogen-bond acceptors (Lipinski definition) is 2. The number of nitrogens with two attached hydrogens (primary N) is 1. The summed E-state index contributed by atoms with van der Waals surface area (Å²) >= 11 is 0. The number of piperidine rings is 1. The highest BCUT2D eigenvalue weighted by atomic mass is 19.4. The molecule has 0 aromatic carbocycles. The minimum atomic E-state index is -4.18. The van der Waals surface area contributed by atoms with Crippen molar-refractivity contribution in [3.05, 3.63) is 0 Å². The van der Waals surface area contributed by atoms with Gasteiger partial charge >= 0.3 is 6.18 Å². The van der Waals surface area contributed by atoms with Crippen molar-refractivity contribution in [2.24, 2.45) is 23.5 Å². The second kappa shape index (κ2) is 6.99. The Morgan fingerprint density at radius 3 is 2.29 bits per heavy atom. The highest BCUT2D eigenvalue weighted by molar-refractivity contribution is 5.76. The van der Waals surface area contributed by atoms with Crippen LogP contribution in [0.1, 0.15) is 44.9 Å². The summed E-state index contributed by atoms with van der Waals surface area (Å²) in [6.07, 6.45) is 0.859. The third kappa shape index (κ3) is 4.59. The van der Waals surface area contributed by atoms with Crippen molar-refractivity contribution in [1.29, 1.82) is 0 Å². The van der Waals surface area contributed by atoms with Gasteiger partial charge in [0.25, 0.3) is 0 Å². The first-order chi connectivity index (χ1) is 9.90. The van der Waals surface area contributed by atoms with Crippen molar-refractivity contribution < 1.29 is 18.0 Å². The Hall–Kier alpha value is -0.780. The predicted molar refractivity (Wildman–Crippen MR) is 74.5 cm³/mol. The SMILES string of the molecule is NCC1CCC(CC(=O)N2CCCC(C(F)(F)F)C2)CC1. The average Bonchev–Trinajstić information content (AvgIpc) is 2.47. The maximum Gasteiger partial charge on any atom is 0.393 e. The molecule has 21 heavy (non-hydrogen) atoms. The molecular formula is C15H25F3N2O. The zero-order valence-corrected chi connectivity index (χ0v) is 12.4. The van der Waals surface area contributed by atoms with Crippen LogP contribution >= 0.6 is 0 Å². The van der Waals surface area contributed by atoms with E-state index in [2.05, 4.69) is 0 Å². The van der Waals surface area contributed by atoms with E-state index in [9.17, 15) is 18.0 Å². The molecule has 0 aromatic heterocycles. The van der Waals surface area contributed by atoms with E-state index in [0.29, 0.717) is 37.8 Å². The summed E-state index contributed by atoms with van der Waals surface area (Å²) in [5.74, 6) is -0.559. The molecular weight excluding hydrogens is 281 g/mol. The van der Waals surface area contributed by atoms with Gasteiger partial charge in [-0.25, -0.2) is 0 Å². The van der Waals surface area contributed by atoms with Crippen LogP contribution in [0.3, 0.4) is 0 Å². The fourth-order valence-electron chi connectivity index (χ4n) is 3.52. The lowest BCUT2D eigenvalue weighted by molar-refractivity contribution is -0.188. The summed E-state index contributed by atoms with van der Waals surface area (Å²) in [5, 5.41) is 0. The minimum Gasteiger partial charge on any atom is -0.342 e. The molecule has 1 heterocycles. The van der Waals surface area contributed by atoms with Crippen LogP contribution in [0.4, 0.5) is 13.2 Å². The number of likely N-dealkylation sites (tertiary alicyclic amines) is 1. The molecule has 122 valence electrons. The number of amides is 1. The number of hydrogen-bond donors (Lipinski definition) is 1. The van der Waals surface area contributed by atoms with Gasteiger partial charge in [0.2, 0.25) is 5.91 Å². The molecule has 2 N–H and O–H groups in total. The van der Waals surface area contributed by atoms with Crippen LogP contribution in [0.15, 0.2) is 0 Å². The van der Waals surface area contributed by atoms with Crippen LogP contribution in [-0.4, -0.2) is 36.6 Å². The zero-order valence-electron chi connectivity index (χ0n) is 12.4. The average molecular weight is 306 g/mol. The number of carbonyl (C=O) groups is 1. The molecule has 3 nitrogen and oxygen atoms in total. The summed E-state index contributed by atoms with van der Waals surface area (Å²) in [4.78, 5) is 13.7. The molecule has 1 aliphatic heterocycles. The number of carbonyl (C=O) groups excluding carboxylic acids is 1. The largest absolute Gasteiger partial charge is 0.393 e. The number of nitrogens with zero attached hydrogens (tertiary/aromatic N) is 1. The molecule has 6 heteroatoms. The number of halogens is 3. The van der Waals surface area contributed by atoms with Crippen molar-refractivity contribution in [2.45, 2.75) is 51.1 Å². The van der Waals surface area contributed by atoms with Crippen LogP contribution in [-0.2, 0) is 4.79 Å². The van der Waals surface area contributed by atoms with Crippen LogP contribution in [0.25, 0.3) is 0 Å². The molecule has 1 unspecified atom stereocenters. The van der Waals surface area contributed by atoms with Gasteiger partial charge in [-0.3, -0.25) is 4.79 Å². The lowest BCUT2D eigenvalue weighted by Crippen LogP contribution is -2.45. The standard InChI is InChI=1S/C15H25F3N2O/c16-15(17,18)13-2-1-7-20(10-13)14(21)8-11-3-5-12(9-19)6-4-11/h11-13H,1-10,19H2. The summed E-state index contributed by atoms with van der Waals surface area (Å²) in [7, 11) is 0. The summed E-state index contributed by atoms with van der Waals surface area (Å²) < 4.78 is 38.3. The maximum atomic E-state index is 12.8. The van der Waals surface area contributed by atoms with E-state index >= 15 is 0 Å². The molecule has 0 bridgehead atoms. The molecule has 0 spiro atoms. The van der Waals surface area contributed by atoms with E-state index in [4.69, 9.17) is 5.73 Å². The number of alkyl halides is 3. The van der Waals surface area contributed by atoms with Crippen LogP contribution < -0.4 is 5.73 Å². The monoisotopic (exact) mass is 306 g/mol. The van der Waals surface area contributed by atoms with E-state index in [1.54, 1.807) is 0 Å². The Morgan fingerprint density at radius 2 is 1.71 bits per heavy atom. The minimum absolute atomic E-state index is 0.0971. The molecule has 1 aliphatic carbocycles. The Bertz CT molecular complexity index is 351. The lowest BCUT2D eigenvalue weighted by atomic mass is 9.80. The molecule has 1 saturated carbocycles. The Morgan fingerprint density at radius 1 is 1.10 bits per heavy atom. The molecule has 2 aliphatic rings. The van der Waals surface area contributed by atoms with Crippen LogP contribution in [0.2, 0.25) is 0 Å². The summed E-state index contributed by atoms with van der Waals surface area (Å²) in [5.41, 5.74) is 5.64. The second-order valence-corrected chi connectivity index (χ2v) is 6.55. The van der Waals surface area contributed by atoms with Gasteiger partial charge in [-0.15, -0.1) is 0 Å². The second-order valence-electron chi connectivity index (χ2n) is 6.55. The highest BCUT2D eigenvalue weighted by Crippen LogP contribution is 2.34. The van der Waals surface area contributed by atoms with Gasteiger partial charge in [0.05, 0.1) is 5.92 Å². The molecule has 0 aromatic rings. The summed E-state index contributed by atoms with van der Waals surface area (Å²) in [6, 6.07) is 0. The Kier molecular flexibility index (Phi) is 5.52. The van der Waals surface area contributed by atoms with Crippen molar-refractivity contribution in [3.8, 4) is 0 Å². The van der Waals surface area contributed by atoms with Crippen molar-refractivity contribution in [3.63, 3.8) is 0 Å². The van der Waals surface area contributed by atoms with E-state index in [1.165, 1.54) is 4.90 Å². The van der Waals surface area contributed by atoms with Gasteiger partial charge in [-0.05, 0) is 56.9 Å². The predicted octanol–water partition coefficient (Wildman–Crippen LogP) is 2.94. The third-order valence-electron chi connectivity index (χ3n) is 5.00. The van der Waals surface area contributed by atoms with Crippen LogP contribution in [0, 0.1) is 17.8 Å². The van der Waals surface area contributed by atoms with Crippen molar-refractivity contribution >= 4 is 5.91 Å². The smallest absolute Gasteiger partial charge is 0.342 e.